The van der Waals surface area contributed by atoms with Crippen molar-refractivity contribution in [1.29, 1.82) is 0 Å². The van der Waals surface area contributed by atoms with Gasteiger partial charge in [0.1, 0.15) is 12.4 Å². The van der Waals surface area contributed by atoms with Crippen molar-refractivity contribution in [2.75, 3.05) is 0 Å². The van der Waals surface area contributed by atoms with Crippen LogP contribution in [-0.4, -0.2) is 19.9 Å². The zero-order valence-corrected chi connectivity index (χ0v) is 9.81. The fourth-order valence-electron chi connectivity index (χ4n) is 1.73. The van der Waals surface area contributed by atoms with E-state index in [-0.39, 0.29) is 12.4 Å². The molecule has 0 saturated heterocycles. The third-order valence-electron chi connectivity index (χ3n) is 2.72. The van der Waals surface area contributed by atoms with Gasteiger partial charge in [0, 0.05) is 12.1 Å². The monoisotopic (exact) mass is 235 g/mol. The number of hydrogen-bond donors (Lipinski definition) is 1. The van der Waals surface area contributed by atoms with E-state index in [9.17, 15) is 4.39 Å². The molecule has 0 bridgehead atoms. The summed E-state index contributed by atoms with van der Waals surface area (Å²) in [5.41, 5.74) is 1.26. The fraction of sp³-hybridized carbons (Fsp3) is 0.333. The highest BCUT2D eigenvalue weighted by molar-refractivity contribution is 5.56. The SMILES string of the molecule is CCn1c(CO)nnc1-c1ccc(C)c(F)c1. The Morgan fingerprint density at radius 1 is 1.35 bits per heavy atom. The smallest absolute Gasteiger partial charge is 0.164 e. The van der Waals surface area contributed by atoms with Crippen LogP contribution in [0.25, 0.3) is 11.4 Å². The molecule has 0 atom stereocenters. The van der Waals surface area contributed by atoms with Crippen molar-refractivity contribution in [3.8, 4) is 11.4 Å². The highest BCUT2D eigenvalue weighted by Crippen LogP contribution is 2.21. The lowest BCUT2D eigenvalue weighted by molar-refractivity contribution is 0.265. The summed E-state index contributed by atoms with van der Waals surface area (Å²) in [6.45, 7) is 4.10. The number of nitrogens with zero attached hydrogens (tertiary/aromatic N) is 3. The van der Waals surface area contributed by atoms with Crippen molar-refractivity contribution in [3.63, 3.8) is 0 Å². The Bertz CT molecular complexity index is 537. The van der Waals surface area contributed by atoms with E-state index in [0.29, 0.717) is 29.3 Å². The van der Waals surface area contributed by atoms with Gasteiger partial charge in [-0.2, -0.15) is 0 Å². The van der Waals surface area contributed by atoms with E-state index < -0.39 is 0 Å². The highest BCUT2D eigenvalue weighted by atomic mass is 19.1. The van der Waals surface area contributed by atoms with Gasteiger partial charge in [0.05, 0.1) is 0 Å². The Morgan fingerprint density at radius 2 is 2.12 bits per heavy atom. The van der Waals surface area contributed by atoms with Crippen molar-refractivity contribution >= 4 is 0 Å². The second kappa shape index (κ2) is 4.63. The standard InChI is InChI=1S/C12H14FN3O/c1-3-16-11(7-17)14-15-12(16)9-5-4-8(2)10(13)6-9/h4-6,17H,3,7H2,1-2H3. The Morgan fingerprint density at radius 3 is 2.71 bits per heavy atom. The molecule has 1 N–H and O–H groups in total. The molecule has 1 aromatic heterocycles. The van der Waals surface area contributed by atoms with Gasteiger partial charge < -0.3 is 9.67 Å². The zero-order valence-electron chi connectivity index (χ0n) is 9.81. The lowest BCUT2D eigenvalue weighted by Gasteiger charge is -2.06. The number of hydrogen-bond acceptors (Lipinski definition) is 3. The van der Waals surface area contributed by atoms with Gasteiger partial charge in [0.15, 0.2) is 11.6 Å². The lowest BCUT2D eigenvalue weighted by atomic mass is 10.1. The van der Waals surface area contributed by atoms with Crippen LogP contribution in [0.1, 0.15) is 18.3 Å². The number of benzene rings is 1. The summed E-state index contributed by atoms with van der Waals surface area (Å²) in [6.07, 6.45) is 0. The molecule has 0 saturated carbocycles. The first-order chi connectivity index (χ1) is 8.17. The molecule has 0 radical (unpaired) electrons. The maximum absolute atomic E-state index is 13.5. The van der Waals surface area contributed by atoms with Gasteiger partial charge in [-0.15, -0.1) is 10.2 Å². The number of aromatic nitrogens is 3. The summed E-state index contributed by atoms with van der Waals surface area (Å²) in [6, 6.07) is 4.94. The second-order valence-electron chi connectivity index (χ2n) is 3.81. The van der Waals surface area contributed by atoms with E-state index in [2.05, 4.69) is 10.2 Å². The third kappa shape index (κ3) is 2.06. The molecule has 0 aliphatic carbocycles. The van der Waals surface area contributed by atoms with Crippen LogP contribution in [-0.2, 0) is 13.2 Å². The van der Waals surface area contributed by atoms with Gasteiger partial charge >= 0.3 is 0 Å². The first-order valence-corrected chi connectivity index (χ1v) is 5.46. The summed E-state index contributed by atoms with van der Waals surface area (Å²) in [5, 5.41) is 17.0. The first kappa shape index (κ1) is 11.7. The molecule has 0 spiro atoms. The van der Waals surface area contributed by atoms with Crippen LogP contribution in [0.3, 0.4) is 0 Å². The van der Waals surface area contributed by atoms with E-state index in [4.69, 9.17) is 5.11 Å². The van der Waals surface area contributed by atoms with Gasteiger partial charge in [-0.3, -0.25) is 0 Å². The van der Waals surface area contributed by atoms with E-state index in [1.165, 1.54) is 6.07 Å². The van der Waals surface area contributed by atoms with Crippen LogP contribution in [0.15, 0.2) is 18.2 Å². The Balaban J connectivity index is 2.52. The maximum Gasteiger partial charge on any atom is 0.164 e. The number of aryl methyl sites for hydroxylation is 1. The maximum atomic E-state index is 13.5. The Hall–Kier alpha value is -1.75. The zero-order chi connectivity index (χ0) is 12.4. The molecular formula is C12H14FN3O. The van der Waals surface area contributed by atoms with Gasteiger partial charge in [0.25, 0.3) is 0 Å². The van der Waals surface area contributed by atoms with Gasteiger partial charge in [-0.1, -0.05) is 12.1 Å². The minimum Gasteiger partial charge on any atom is -0.388 e. The molecule has 0 aliphatic heterocycles. The molecule has 0 unspecified atom stereocenters. The molecule has 1 aromatic carbocycles. The van der Waals surface area contributed by atoms with Gasteiger partial charge in [0.2, 0.25) is 0 Å². The van der Waals surface area contributed by atoms with Crippen LogP contribution in [0.2, 0.25) is 0 Å². The number of aliphatic hydroxyl groups is 1. The Kier molecular flexibility index (Phi) is 3.19. The van der Waals surface area contributed by atoms with Crippen LogP contribution in [0.5, 0.6) is 0 Å². The van der Waals surface area contributed by atoms with Crippen molar-refractivity contribution in [3.05, 3.63) is 35.4 Å². The molecule has 2 aromatic rings. The Labute approximate surface area is 98.7 Å². The number of rotatable bonds is 3. The number of aliphatic hydroxyl groups excluding tert-OH is 1. The van der Waals surface area contributed by atoms with E-state index >= 15 is 0 Å². The summed E-state index contributed by atoms with van der Waals surface area (Å²) in [4.78, 5) is 0. The average Bonchev–Trinajstić information content (AvgIpc) is 2.75. The minimum atomic E-state index is -0.265. The molecule has 0 fully saturated rings. The molecule has 1 heterocycles. The third-order valence-corrected chi connectivity index (χ3v) is 2.72. The minimum absolute atomic E-state index is 0.171. The van der Waals surface area contributed by atoms with E-state index in [0.717, 1.165) is 0 Å². The molecule has 90 valence electrons. The summed E-state index contributed by atoms with van der Waals surface area (Å²) in [5.74, 6) is 0.803. The van der Waals surface area contributed by atoms with Crippen LogP contribution < -0.4 is 0 Å². The quantitative estimate of drug-likeness (QED) is 0.884. The number of halogens is 1. The largest absolute Gasteiger partial charge is 0.388 e. The molecular weight excluding hydrogens is 221 g/mol. The second-order valence-corrected chi connectivity index (χ2v) is 3.81. The average molecular weight is 235 g/mol. The van der Waals surface area contributed by atoms with Crippen molar-refractivity contribution in [2.45, 2.75) is 27.0 Å². The molecule has 17 heavy (non-hydrogen) atoms. The highest BCUT2D eigenvalue weighted by Gasteiger charge is 2.12. The fourth-order valence-corrected chi connectivity index (χ4v) is 1.73. The van der Waals surface area contributed by atoms with Crippen LogP contribution in [0, 0.1) is 12.7 Å². The normalized spacial score (nSPS) is 10.8. The molecule has 0 aliphatic rings. The van der Waals surface area contributed by atoms with Crippen molar-refractivity contribution < 1.29 is 9.50 Å². The lowest BCUT2D eigenvalue weighted by Crippen LogP contribution is -2.03. The van der Waals surface area contributed by atoms with Crippen molar-refractivity contribution in [2.24, 2.45) is 0 Å². The predicted octanol–water partition coefficient (Wildman–Crippen LogP) is 1.90. The molecule has 5 heteroatoms. The van der Waals surface area contributed by atoms with Crippen LogP contribution >= 0.6 is 0 Å². The predicted molar refractivity (Wildman–Crippen MR) is 61.7 cm³/mol. The molecule has 4 nitrogen and oxygen atoms in total. The molecule has 2 rings (SSSR count). The summed E-state index contributed by atoms with van der Waals surface area (Å²) in [7, 11) is 0. The topological polar surface area (TPSA) is 50.9 Å². The summed E-state index contributed by atoms with van der Waals surface area (Å²) >= 11 is 0. The van der Waals surface area contributed by atoms with E-state index in [1.807, 2.05) is 6.92 Å². The first-order valence-electron chi connectivity index (χ1n) is 5.46. The van der Waals surface area contributed by atoms with E-state index in [1.54, 1.807) is 23.6 Å². The summed E-state index contributed by atoms with van der Waals surface area (Å²) < 4.78 is 15.3. The van der Waals surface area contributed by atoms with Crippen molar-refractivity contribution in [1.82, 2.24) is 14.8 Å². The van der Waals surface area contributed by atoms with Gasteiger partial charge in [-0.25, -0.2) is 4.39 Å². The molecule has 0 amide bonds. The van der Waals surface area contributed by atoms with Gasteiger partial charge in [-0.05, 0) is 25.5 Å². The van der Waals surface area contributed by atoms with Crippen LogP contribution in [0.4, 0.5) is 4.39 Å².